The Bertz CT molecular complexity index is 805. The van der Waals surface area contributed by atoms with Crippen LogP contribution in [-0.2, 0) is 40.0 Å². The number of hydrogen-bond donors (Lipinski definition) is 5. The van der Waals surface area contributed by atoms with Gasteiger partial charge in [-0.1, -0.05) is 6.07 Å². The highest BCUT2D eigenvalue weighted by molar-refractivity contribution is 7.82. The maximum absolute atomic E-state index is 11.1. The van der Waals surface area contributed by atoms with Crippen LogP contribution in [0.25, 0.3) is 10.9 Å². The van der Waals surface area contributed by atoms with Crippen molar-refractivity contribution in [2.45, 2.75) is 31.8 Å². The Labute approximate surface area is 147 Å². The molecule has 136 valence electrons. The number of hydrogen-bond acceptors (Lipinski definition) is 4. The highest BCUT2D eigenvalue weighted by Gasteiger charge is 2.20. The lowest BCUT2D eigenvalue weighted by Crippen LogP contribution is -2.27. The van der Waals surface area contributed by atoms with Crippen LogP contribution in [0.2, 0.25) is 0 Å². The molecule has 1 aliphatic carbocycles. The van der Waals surface area contributed by atoms with Gasteiger partial charge in [0, 0.05) is 35.4 Å². The van der Waals surface area contributed by atoms with Crippen molar-refractivity contribution in [2.24, 2.45) is 5.73 Å². The number of rotatable bonds is 3. The second-order valence-corrected chi connectivity index (χ2v) is 7.05. The Balaban J connectivity index is 0.000000326. The minimum Gasteiger partial charge on any atom is -0.473 e. The molecule has 25 heavy (non-hydrogen) atoms. The largest absolute Gasteiger partial charge is 0.473 e. The van der Waals surface area contributed by atoms with Gasteiger partial charge in [-0.2, -0.15) is 0 Å². The van der Waals surface area contributed by atoms with Gasteiger partial charge in [-0.15, -0.1) is 0 Å². The molecule has 3 rings (SSSR count). The third-order valence-corrected chi connectivity index (χ3v) is 4.50. The highest BCUT2D eigenvalue weighted by Crippen LogP contribution is 2.29. The zero-order chi connectivity index (χ0) is 18.6. The van der Waals surface area contributed by atoms with Gasteiger partial charge in [0.2, 0.25) is 0 Å². The van der Waals surface area contributed by atoms with Crippen molar-refractivity contribution < 1.29 is 24.0 Å². The molecule has 9 heteroatoms. The highest BCUT2D eigenvalue weighted by atomic mass is 32.2. The van der Waals surface area contributed by atoms with Crippen molar-refractivity contribution in [3.05, 3.63) is 35.0 Å². The number of carboxylic acids is 2. The molecule has 2 unspecified atom stereocenters. The number of aromatic amines is 1. The molecule has 0 bridgehead atoms. The average molecular weight is 367 g/mol. The third kappa shape index (κ3) is 5.12. The standard InChI is InChI=1S/C14H19N3OS.C2H2O4/c1-19(18)16-8-9-2-4-13-11(6-9)12-7-10(15)3-5-14(12)17-13;3-1(4)2(5)6/h2,4,6,10,16-17H,3,5,7-8,15H2,1H3;(H,3,4)(H,5,6). The number of nitrogens with one attached hydrogen (secondary N) is 2. The van der Waals surface area contributed by atoms with Crippen LogP contribution in [0.5, 0.6) is 0 Å². The van der Waals surface area contributed by atoms with E-state index in [1.807, 2.05) is 0 Å². The summed E-state index contributed by atoms with van der Waals surface area (Å²) >= 11 is 0. The lowest BCUT2D eigenvalue weighted by atomic mass is 9.92. The predicted octanol–water partition coefficient (Wildman–Crippen LogP) is 0.523. The first-order chi connectivity index (χ1) is 11.8. The number of aryl methyl sites for hydroxylation is 1. The number of benzene rings is 1. The fourth-order valence-corrected chi connectivity index (χ4v) is 3.16. The molecular formula is C16H21N3O5S. The van der Waals surface area contributed by atoms with Gasteiger partial charge < -0.3 is 20.9 Å². The Kier molecular flexibility index (Phi) is 6.29. The van der Waals surface area contributed by atoms with E-state index in [9.17, 15) is 4.21 Å². The van der Waals surface area contributed by atoms with Crippen molar-refractivity contribution in [3.63, 3.8) is 0 Å². The molecule has 2 atom stereocenters. The number of aromatic nitrogens is 1. The molecule has 8 nitrogen and oxygen atoms in total. The second-order valence-electron chi connectivity index (χ2n) is 5.85. The van der Waals surface area contributed by atoms with Gasteiger partial charge in [-0.05, 0) is 42.5 Å². The molecule has 0 amide bonds. The normalized spacial score (nSPS) is 17.3. The molecule has 0 fully saturated rings. The zero-order valence-corrected chi connectivity index (χ0v) is 14.6. The first-order valence-electron chi connectivity index (χ1n) is 7.69. The summed E-state index contributed by atoms with van der Waals surface area (Å²) in [7, 11) is -0.976. The zero-order valence-electron chi connectivity index (χ0n) is 13.7. The third-order valence-electron chi connectivity index (χ3n) is 3.95. The van der Waals surface area contributed by atoms with Crippen molar-refractivity contribution in [3.8, 4) is 0 Å². The van der Waals surface area contributed by atoms with Crippen LogP contribution in [0.4, 0.5) is 0 Å². The molecule has 1 aromatic carbocycles. The van der Waals surface area contributed by atoms with Gasteiger partial charge in [-0.3, -0.25) is 0 Å². The monoisotopic (exact) mass is 367 g/mol. The Morgan fingerprint density at radius 1 is 1.36 bits per heavy atom. The van der Waals surface area contributed by atoms with Crippen molar-refractivity contribution in [2.75, 3.05) is 6.26 Å². The number of fused-ring (bicyclic) bond motifs is 3. The van der Waals surface area contributed by atoms with Crippen LogP contribution in [0.3, 0.4) is 0 Å². The maximum Gasteiger partial charge on any atom is 0.414 e. The molecule has 6 N–H and O–H groups in total. The summed E-state index contributed by atoms with van der Waals surface area (Å²) in [5, 5.41) is 16.1. The van der Waals surface area contributed by atoms with Gasteiger partial charge in [0.25, 0.3) is 0 Å². The fraction of sp³-hybridized carbons (Fsp3) is 0.375. The molecule has 0 spiro atoms. The minimum absolute atomic E-state index is 0.274. The summed E-state index contributed by atoms with van der Waals surface area (Å²) in [6, 6.07) is 6.64. The minimum atomic E-state index is -1.82. The SMILES string of the molecule is CS(=O)NCc1ccc2[nH]c3c(c2c1)CC(N)CC3.O=C(O)C(=O)O. The van der Waals surface area contributed by atoms with Crippen molar-refractivity contribution in [1.29, 1.82) is 0 Å². The Hall–Kier alpha value is -2.23. The van der Waals surface area contributed by atoms with E-state index in [0.29, 0.717) is 6.54 Å². The quantitative estimate of drug-likeness (QED) is 0.500. The molecule has 2 aromatic rings. The predicted molar refractivity (Wildman–Crippen MR) is 94.5 cm³/mol. The smallest absolute Gasteiger partial charge is 0.414 e. The lowest BCUT2D eigenvalue weighted by Gasteiger charge is -2.18. The summed E-state index contributed by atoms with van der Waals surface area (Å²) < 4.78 is 14.0. The fourth-order valence-electron chi connectivity index (χ4n) is 2.79. The number of carbonyl (C=O) groups is 2. The van der Waals surface area contributed by atoms with Crippen LogP contribution in [-0.4, -0.2) is 43.6 Å². The van der Waals surface area contributed by atoms with E-state index in [1.165, 1.54) is 22.2 Å². The van der Waals surface area contributed by atoms with E-state index in [1.54, 1.807) is 6.26 Å². The van der Waals surface area contributed by atoms with E-state index in [-0.39, 0.29) is 6.04 Å². The van der Waals surface area contributed by atoms with Gasteiger partial charge in [0.15, 0.2) is 0 Å². The Morgan fingerprint density at radius 2 is 2.04 bits per heavy atom. The van der Waals surface area contributed by atoms with Gasteiger partial charge >= 0.3 is 11.9 Å². The van der Waals surface area contributed by atoms with E-state index in [4.69, 9.17) is 25.5 Å². The maximum atomic E-state index is 11.1. The molecule has 1 aromatic heterocycles. The summed E-state index contributed by atoms with van der Waals surface area (Å²) in [5.41, 5.74) is 11.1. The van der Waals surface area contributed by atoms with Crippen LogP contribution in [0, 0.1) is 0 Å². The van der Waals surface area contributed by atoms with Gasteiger partial charge in [0.1, 0.15) is 0 Å². The summed E-state index contributed by atoms with van der Waals surface area (Å²) in [4.78, 5) is 21.7. The second kappa shape index (κ2) is 8.24. The number of H-pyrrole nitrogens is 1. The van der Waals surface area contributed by atoms with Crippen molar-refractivity contribution in [1.82, 2.24) is 9.71 Å². The molecule has 0 aliphatic heterocycles. The first kappa shape index (κ1) is 19.1. The molecule has 0 saturated heterocycles. The molecule has 1 heterocycles. The molecule has 1 aliphatic rings. The van der Waals surface area contributed by atoms with Crippen molar-refractivity contribution >= 4 is 33.8 Å². The van der Waals surface area contributed by atoms with Gasteiger partial charge in [-0.25, -0.2) is 18.5 Å². The topological polar surface area (TPSA) is 146 Å². The van der Waals surface area contributed by atoms with Crippen LogP contribution in [0.1, 0.15) is 23.2 Å². The Morgan fingerprint density at radius 3 is 2.64 bits per heavy atom. The van der Waals surface area contributed by atoms with Crippen LogP contribution in [0.15, 0.2) is 18.2 Å². The van der Waals surface area contributed by atoms with Crippen LogP contribution < -0.4 is 10.5 Å². The van der Waals surface area contributed by atoms with E-state index in [0.717, 1.165) is 24.8 Å². The summed E-state index contributed by atoms with van der Waals surface area (Å²) in [5.74, 6) is -3.65. The number of carboxylic acid groups (broad SMARTS) is 2. The van der Waals surface area contributed by atoms with E-state index in [2.05, 4.69) is 27.9 Å². The van der Waals surface area contributed by atoms with E-state index >= 15 is 0 Å². The van der Waals surface area contributed by atoms with E-state index < -0.39 is 22.9 Å². The van der Waals surface area contributed by atoms with Crippen LogP contribution >= 0.6 is 0 Å². The lowest BCUT2D eigenvalue weighted by molar-refractivity contribution is -0.159. The average Bonchev–Trinajstić information content (AvgIpc) is 2.90. The summed E-state index contributed by atoms with van der Waals surface area (Å²) in [6.45, 7) is 0.630. The first-order valence-corrected chi connectivity index (χ1v) is 9.24. The van der Waals surface area contributed by atoms with Gasteiger partial charge in [0.05, 0.1) is 11.0 Å². The molecule has 0 radical (unpaired) electrons. The summed E-state index contributed by atoms with van der Waals surface area (Å²) in [6.07, 6.45) is 4.70. The number of nitrogens with two attached hydrogens (primary N) is 1. The molecule has 0 saturated carbocycles. The molecular weight excluding hydrogens is 346 g/mol. The number of aliphatic carboxylic acids is 2.